The second-order valence-corrected chi connectivity index (χ2v) is 4.64. The lowest BCUT2D eigenvalue weighted by atomic mass is 10.0. The van der Waals surface area contributed by atoms with Gasteiger partial charge in [0.05, 0.1) is 5.52 Å². The molecule has 0 saturated carbocycles. The molecule has 0 amide bonds. The zero-order chi connectivity index (χ0) is 11.8. The molecule has 3 nitrogen and oxygen atoms in total. The second kappa shape index (κ2) is 4.00. The van der Waals surface area contributed by atoms with Crippen molar-refractivity contribution in [1.82, 2.24) is 9.88 Å². The fourth-order valence-electron chi connectivity index (χ4n) is 2.69. The molecule has 1 fully saturated rings. The predicted octanol–water partition coefficient (Wildman–Crippen LogP) is 2.73. The largest absolute Gasteiger partial charge is 0.310 e. The van der Waals surface area contributed by atoms with Crippen LogP contribution in [0.5, 0.6) is 0 Å². The molecule has 2 aromatic rings. The Morgan fingerprint density at radius 3 is 2.94 bits per heavy atom. The normalized spacial score (nSPS) is 19.9. The highest BCUT2D eigenvalue weighted by molar-refractivity contribution is 5.93. The molecule has 88 valence electrons. The Balaban J connectivity index is 2.20. The highest BCUT2D eigenvalue weighted by atomic mass is 16.1. The summed E-state index contributed by atoms with van der Waals surface area (Å²) in [7, 11) is 0. The van der Waals surface area contributed by atoms with E-state index in [1.807, 2.05) is 24.4 Å². The lowest BCUT2D eigenvalue weighted by molar-refractivity contribution is 0.0941. The Morgan fingerprint density at radius 1 is 1.41 bits per heavy atom. The molecule has 1 aliphatic heterocycles. The highest BCUT2D eigenvalue weighted by Crippen LogP contribution is 2.31. The van der Waals surface area contributed by atoms with Crippen LogP contribution in [0, 0.1) is 0 Å². The third kappa shape index (κ3) is 1.67. The van der Waals surface area contributed by atoms with Gasteiger partial charge in [-0.2, -0.15) is 0 Å². The van der Waals surface area contributed by atoms with Gasteiger partial charge in [-0.1, -0.05) is 18.2 Å². The average molecular weight is 228 g/mol. The van der Waals surface area contributed by atoms with Gasteiger partial charge in [-0.3, -0.25) is 9.36 Å². The van der Waals surface area contributed by atoms with Crippen molar-refractivity contribution in [2.75, 3.05) is 6.54 Å². The SMILES string of the molecule is CC(=O)n1cc([C@@H]2CCCN2)c2ccccc21. The molecular formula is C14H16N2O. The van der Waals surface area contributed by atoms with Gasteiger partial charge in [-0.25, -0.2) is 0 Å². The van der Waals surface area contributed by atoms with Gasteiger partial charge in [0.2, 0.25) is 5.91 Å². The Bertz CT molecular complexity index is 565. The molecule has 3 rings (SSSR count). The van der Waals surface area contributed by atoms with Crippen LogP contribution in [0.15, 0.2) is 30.5 Å². The first kappa shape index (κ1) is 10.5. The molecule has 1 aliphatic rings. The van der Waals surface area contributed by atoms with E-state index < -0.39 is 0 Å². The summed E-state index contributed by atoms with van der Waals surface area (Å²) in [5.74, 6) is 0.0745. The highest BCUT2D eigenvalue weighted by Gasteiger charge is 2.21. The maximum Gasteiger partial charge on any atom is 0.227 e. The average Bonchev–Trinajstić information content (AvgIpc) is 2.95. The lowest BCUT2D eigenvalue weighted by Crippen LogP contribution is -2.12. The van der Waals surface area contributed by atoms with Crippen LogP contribution in [-0.2, 0) is 0 Å². The summed E-state index contributed by atoms with van der Waals surface area (Å²) >= 11 is 0. The van der Waals surface area contributed by atoms with E-state index in [0.29, 0.717) is 6.04 Å². The maximum atomic E-state index is 11.6. The van der Waals surface area contributed by atoms with Crippen LogP contribution < -0.4 is 5.32 Å². The van der Waals surface area contributed by atoms with Gasteiger partial charge in [-0.05, 0) is 31.0 Å². The van der Waals surface area contributed by atoms with E-state index in [4.69, 9.17) is 0 Å². The number of benzene rings is 1. The summed E-state index contributed by atoms with van der Waals surface area (Å²) in [6.07, 6.45) is 4.37. The minimum absolute atomic E-state index is 0.0745. The third-order valence-electron chi connectivity index (χ3n) is 3.52. The van der Waals surface area contributed by atoms with Crippen molar-refractivity contribution in [1.29, 1.82) is 0 Å². The number of nitrogens with zero attached hydrogens (tertiary/aromatic N) is 1. The molecule has 0 radical (unpaired) electrons. The predicted molar refractivity (Wildman–Crippen MR) is 68.2 cm³/mol. The van der Waals surface area contributed by atoms with Crippen LogP contribution in [-0.4, -0.2) is 17.0 Å². The molecule has 0 bridgehead atoms. The summed E-state index contributed by atoms with van der Waals surface area (Å²) in [5.41, 5.74) is 2.28. The van der Waals surface area contributed by atoms with E-state index >= 15 is 0 Å². The number of hydrogen-bond acceptors (Lipinski definition) is 2. The third-order valence-corrected chi connectivity index (χ3v) is 3.52. The first-order valence-corrected chi connectivity index (χ1v) is 6.11. The summed E-state index contributed by atoms with van der Waals surface area (Å²) < 4.78 is 1.75. The first-order chi connectivity index (χ1) is 8.27. The van der Waals surface area contributed by atoms with Crippen molar-refractivity contribution in [2.24, 2.45) is 0 Å². The molecule has 0 aliphatic carbocycles. The molecule has 1 saturated heterocycles. The topological polar surface area (TPSA) is 34.0 Å². The van der Waals surface area contributed by atoms with Crippen molar-refractivity contribution < 1.29 is 4.79 Å². The summed E-state index contributed by atoms with van der Waals surface area (Å²) in [6.45, 7) is 2.68. The van der Waals surface area contributed by atoms with Crippen LogP contribution >= 0.6 is 0 Å². The number of hydrogen-bond donors (Lipinski definition) is 1. The molecule has 17 heavy (non-hydrogen) atoms. The fourth-order valence-corrected chi connectivity index (χ4v) is 2.69. The van der Waals surface area contributed by atoms with Crippen molar-refractivity contribution in [3.63, 3.8) is 0 Å². The lowest BCUT2D eigenvalue weighted by Gasteiger charge is -2.08. The maximum absolute atomic E-state index is 11.6. The Hall–Kier alpha value is -1.61. The van der Waals surface area contributed by atoms with E-state index in [1.54, 1.807) is 11.5 Å². The molecule has 3 heteroatoms. The number of carbonyl (C=O) groups is 1. The number of rotatable bonds is 1. The van der Waals surface area contributed by atoms with Gasteiger partial charge in [0.15, 0.2) is 0 Å². The van der Waals surface area contributed by atoms with Crippen LogP contribution in [0.25, 0.3) is 10.9 Å². The van der Waals surface area contributed by atoms with E-state index in [-0.39, 0.29) is 5.91 Å². The number of nitrogens with one attached hydrogen (secondary N) is 1. The van der Waals surface area contributed by atoms with E-state index in [2.05, 4.69) is 11.4 Å². The minimum atomic E-state index is 0.0745. The van der Waals surface area contributed by atoms with E-state index in [9.17, 15) is 4.79 Å². The number of fused-ring (bicyclic) bond motifs is 1. The Morgan fingerprint density at radius 2 is 2.24 bits per heavy atom. The zero-order valence-electron chi connectivity index (χ0n) is 9.94. The van der Waals surface area contributed by atoms with Crippen molar-refractivity contribution in [2.45, 2.75) is 25.8 Å². The molecule has 1 N–H and O–H groups in total. The summed E-state index contributed by atoms with van der Waals surface area (Å²) in [6, 6.07) is 8.53. The summed E-state index contributed by atoms with van der Waals surface area (Å²) in [5, 5.41) is 4.69. The van der Waals surface area contributed by atoms with Crippen LogP contribution in [0.4, 0.5) is 0 Å². The van der Waals surface area contributed by atoms with Gasteiger partial charge < -0.3 is 5.32 Å². The van der Waals surface area contributed by atoms with Crippen molar-refractivity contribution >= 4 is 16.8 Å². The van der Waals surface area contributed by atoms with Gasteiger partial charge in [0.25, 0.3) is 0 Å². The molecule has 1 aromatic carbocycles. The smallest absolute Gasteiger partial charge is 0.227 e. The molecule has 0 unspecified atom stereocenters. The standard InChI is InChI=1S/C14H16N2O/c1-10(17)16-9-12(13-6-4-8-15-13)11-5-2-3-7-14(11)16/h2-3,5,7,9,13,15H,4,6,8H2,1H3/t13-/m0/s1. The molecule has 1 atom stereocenters. The molecule has 1 aromatic heterocycles. The summed E-state index contributed by atoms with van der Waals surface area (Å²) in [4.78, 5) is 11.6. The van der Waals surface area contributed by atoms with Crippen LogP contribution in [0.2, 0.25) is 0 Å². The minimum Gasteiger partial charge on any atom is -0.310 e. The monoisotopic (exact) mass is 228 g/mol. The van der Waals surface area contributed by atoms with E-state index in [1.165, 1.54) is 17.4 Å². The first-order valence-electron chi connectivity index (χ1n) is 6.11. The quantitative estimate of drug-likeness (QED) is 0.814. The second-order valence-electron chi connectivity index (χ2n) is 4.64. The Labute approximate surface area is 100 Å². The Kier molecular flexibility index (Phi) is 2.48. The number of aromatic nitrogens is 1. The van der Waals surface area contributed by atoms with Crippen LogP contribution in [0.1, 0.15) is 36.2 Å². The fraction of sp³-hybridized carbons (Fsp3) is 0.357. The van der Waals surface area contributed by atoms with Gasteiger partial charge in [0.1, 0.15) is 0 Å². The van der Waals surface area contributed by atoms with Crippen LogP contribution in [0.3, 0.4) is 0 Å². The molecular weight excluding hydrogens is 212 g/mol. The molecule has 0 spiro atoms. The zero-order valence-corrected chi connectivity index (χ0v) is 9.94. The van der Waals surface area contributed by atoms with E-state index in [0.717, 1.165) is 18.5 Å². The van der Waals surface area contributed by atoms with Crippen molar-refractivity contribution in [3.05, 3.63) is 36.0 Å². The van der Waals surface area contributed by atoms with Gasteiger partial charge >= 0.3 is 0 Å². The van der Waals surface area contributed by atoms with Crippen molar-refractivity contribution in [3.8, 4) is 0 Å². The number of carbonyl (C=O) groups excluding carboxylic acids is 1. The van der Waals surface area contributed by atoms with Gasteiger partial charge in [-0.15, -0.1) is 0 Å². The molecule has 2 heterocycles. The van der Waals surface area contributed by atoms with Gasteiger partial charge in [0, 0.05) is 24.5 Å². The number of para-hydroxylation sites is 1.